The van der Waals surface area contributed by atoms with Crippen molar-refractivity contribution in [2.75, 3.05) is 30.2 Å². The summed E-state index contributed by atoms with van der Waals surface area (Å²) >= 11 is 0. The van der Waals surface area contributed by atoms with Crippen LogP contribution in [0, 0.1) is 5.92 Å². The van der Waals surface area contributed by atoms with Crippen molar-refractivity contribution >= 4 is 27.3 Å². The molecule has 11 heteroatoms. The SMILES string of the molecule is COc1cc(NC(=O)CC2CCNC2)ccc1S(=O)(=O)Nc1cccc(C(F)(F)F)c1. The molecule has 2 aromatic rings. The molecular formula is C20H22F3N3O4S. The van der Waals surface area contributed by atoms with E-state index in [1.165, 1.54) is 31.4 Å². The van der Waals surface area contributed by atoms with E-state index in [9.17, 15) is 26.4 Å². The van der Waals surface area contributed by atoms with Crippen molar-refractivity contribution in [2.45, 2.75) is 23.9 Å². The van der Waals surface area contributed by atoms with Crippen LogP contribution in [0.4, 0.5) is 24.5 Å². The lowest BCUT2D eigenvalue weighted by Gasteiger charge is -2.15. The lowest BCUT2D eigenvalue weighted by atomic mass is 10.0. The molecule has 1 aliphatic heterocycles. The molecule has 0 spiro atoms. The quantitative estimate of drug-likeness (QED) is 0.592. The predicted molar refractivity (Wildman–Crippen MR) is 109 cm³/mol. The summed E-state index contributed by atoms with van der Waals surface area (Å²) in [4.78, 5) is 11.9. The fourth-order valence-corrected chi connectivity index (χ4v) is 4.50. The van der Waals surface area contributed by atoms with E-state index in [4.69, 9.17) is 4.74 Å². The Balaban J connectivity index is 1.77. The van der Waals surface area contributed by atoms with Crippen LogP contribution >= 0.6 is 0 Å². The van der Waals surface area contributed by atoms with Crippen molar-refractivity contribution in [3.8, 4) is 5.75 Å². The van der Waals surface area contributed by atoms with Crippen LogP contribution in [0.5, 0.6) is 5.75 Å². The molecule has 2 aromatic carbocycles. The van der Waals surface area contributed by atoms with E-state index in [-0.39, 0.29) is 28.2 Å². The number of carbonyl (C=O) groups excluding carboxylic acids is 1. The van der Waals surface area contributed by atoms with Crippen LogP contribution in [0.2, 0.25) is 0 Å². The molecule has 0 aromatic heterocycles. The molecule has 1 fully saturated rings. The number of methoxy groups -OCH3 is 1. The van der Waals surface area contributed by atoms with Crippen LogP contribution in [0.25, 0.3) is 0 Å². The van der Waals surface area contributed by atoms with Gasteiger partial charge in [-0.1, -0.05) is 6.07 Å². The number of halogens is 3. The summed E-state index contributed by atoms with van der Waals surface area (Å²) in [5, 5.41) is 5.89. The van der Waals surface area contributed by atoms with Gasteiger partial charge in [0, 0.05) is 23.9 Å². The van der Waals surface area contributed by atoms with Crippen LogP contribution in [-0.2, 0) is 21.0 Å². The normalized spacial score (nSPS) is 16.7. The first-order valence-electron chi connectivity index (χ1n) is 9.47. The van der Waals surface area contributed by atoms with E-state index in [1.54, 1.807) is 0 Å². The Morgan fingerprint density at radius 3 is 2.61 bits per heavy atom. The van der Waals surface area contributed by atoms with Gasteiger partial charge in [-0.3, -0.25) is 9.52 Å². The number of nitrogens with one attached hydrogen (secondary N) is 3. The molecule has 168 valence electrons. The van der Waals surface area contributed by atoms with Crippen molar-refractivity contribution < 1.29 is 31.1 Å². The Labute approximate surface area is 178 Å². The van der Waals surface area contributed by atoms with Crippen LogP contribution in [0.3, 0.4) is 0 Å². The Bertz CT molecular complexity index is 1050. The summed E-state index contributed by atoms with van der Waals surface area (Å²) in [6.45, 7) is 1.65. The van der Waals surface area contributed by atoms with Gasteiger partial charge in [0.1, 0.15) is 10.6 Å². The number of ether oxygens (including phenoxy) is 1. The van der Waals surface area contributed by atoms with E-state index in [0.29, 0.717) is 18.2 Å². The maximum absolute atomic E-state index is 12.9. The van der Waals surface area contributed by atoms with Gasteiger partial charge in [0.15, 0.2) is 0 Å². The minimum Gasteiger partial charge on any atom is -0.495 e. The summed E-state index contributed by atoms with van der Waals surface area (Å²) < 4.78 is 71.4. The number of hydrogen-bond acceptors (Lipinski definition) is 5. The molecule has 3 N–H and O–H groups in total. The van der Waals surface area contributed by atoms with Gasteiger partial charge >= 0.3 is 6.18 Å². The van der Waals surface area contributed by atoms with Gasteiger partial charge in [0.25, 0.3) is 10.0 Å². The molecule has 0 bridgehead atoms. The lowest BCUT2D eigenvalue weighted by Crippen LogP contribution is -2.19. The van der Waals surface area contributed by atoms with Crippen molar-refractivity contribution in [2.24, 2.45) is 5.92 Å². The largest absolute Gasteiger partial charge is 0.495 e. The van der Waals surface area contributed by atoms with Crippen LogP contribution in [0.15, 0.2) is 47.4 Å². The first-order chi connectivity index (χ1) is 14.6. The summed E-state index contributed by atoms with van der Waals surface area (Å²) in [5.41, 5.74) is -0.861. The van der Waals surface area contributed by atoms with Gasteiger partial charge < -0.3 is 15.4 Å². The second kappa shape index (κ2) is 9.15. The Kier molecular flexibility index (Phi) is 6.75. The average molecular weight is 457 g/mol. The van der Waals surface area contributed by atoms with E-state index in [1.807, 2.05) is 0 Å². The molecule has 1 amide bonds. The second-order valence-electron chi connectivity index (χ2n) is 7.16. The third-order valence-corrected chi connectivity index (χ3v) is 6.24. The van der Waals surface area contributed by atoms with E-state index < -0.39 is 21.8 Å². The molecular weight excluding hydrogens is 435 g/mol. The zero-order chi connectivity index (χ0) is 22.6. The third kappa shape index (κ3) is 5.88. The van der Waals surface area contributed by atoms with Crippen molar-refractivity contribution in [3.63, 3.8) is 0 Å². The number of hydrogen-bond donors (Lipinski definition) is 3. The maximum atomic E-state index is 12.9. The summed E-state index contributed by atoms with van der Waals surface area (Å²) in [7, 11) is -2.99. The second-order valence-corrected chi connectivity index (χ2v) is 8.81. The van der Waals surface area contributed by atoms with Gasteiger partial charge in [-0.15, -0.1) is 0 Å². The van der Waals surface area contributed by atoms with Gasteiger partial charge in [-0.05, 0) is 55.8 Å². The number of alkyl halides is 3. The molecule has 31 heavy (non-hydrogen) atoms. The summed E-state index contributed by atoms with van der Waals surface area (Å²) in [6, 6.07) is 7.84. The topological polar surface area (TPSA) is 96.5 Å². The van der Waals surface area contributed by atoms with Crippen molar-refractivity contribution in [3.05, 3.63) is 48.0 Å². The number of carbonyl (C=O) groups is 1. The molecule has 1 unspecified atom stereocenters. The zero-order valence-electron chi connectivity index (χ0n) is 16.6. The van der Waals surface area contributed by atoms with Gasteiger partial charge in [0.05, 0.1) is 12.7 Å². The van der Waals surface area contributed by atoms with Gasteiger partial charge in [-0.25, -0.2) is 8.42 Å². The van der Waals surface area contributed by atoms with E-state index in [0.717, 1.165) is 31.6 Å². The van der Waals surface area contributed by atoms with Crippen LogP contribution < -0.4 is 20.1 Å². The molecule has 3 rings (SSSR count). The summed E-state index contributed by atoms with van der Waals surface area (Å²) in [5.74, 6) is -0.00790. The number of benzene rings is 2. The monoisotopic (exact) mass is 457 g/mol. The lowest BCUT2D eigenvalue weighted by molar-refractivity contribution is -0.137. The fourth-order valence-electron chi connectivity index (χ4n) is 3.30. The number of rotatable bonds is 7. The highest BCUT2D eigenvalue weighted by atomic mass is 32.2. The Hall–Kier alpha value is -2.79. The predicted octanol–water partition coefficient (Wildman–Crippen LogP) is 3.45. The van der Waals surface area contributed by atoms with E-state index in [2.05, 4.69) is 15.4 Å². The minimum atomic E-state index is -4.60. The Morgan fingerprint density at radius 1 is 1.19 bits per heavy atom. The zero-order valence-corrected chi connectivity index (χ0v) is 17.4. The number of sulfonamides is 1. The molecule has 0 aliphatic carbocycles. The van der Waals surface area contributed by atoms with Crippen LogP contribution in [0.1, 0.15) is 18.4 Å². The van der Waals surface area contributed by atoms with E-state index >= 15 is 0 Å². The highest BCUT2D eigenvalue weighted by Crippen LogP contribution is 2.33. The standard InChI is InChI=1S/C20H22F3N3O4S/c1-30-17-11-15(25-19(27)9-13-7-8-24-12-13)5-6-18(17)31(28,29)26-16-4-2-3-14(10-16)20(21,22)23/h2-6,10-11,13,24,26H,7-9,12H2,1H3,(H,25,27). The van der Waals surface area contributed by atoms with Crippen molar-refractivity contribution in [1.82, 2.24) is 5.32 Å². The van der Waals surface area contributed by atoms with Crippen LogP contribution in [-0.4, -0.2) is 34.5 Å². The highest BCUT2D eigenvalue weighted by molar-refractivity contribution is 7.92. The van der Waals surface area contributed by atoms with Crippen molar-refractivity contribution in [1.29, 1.82) is 0 Å². The first-order valence-corrected chi connectivity index (χ1v) is 11.0. The smallest absolute Gasteiger partial charge is 0.416 e. The molecule has 0 saturated carbocycles. The average Bonchev–Trinajstić information content (AvgIpc) is 3.19. The molecule has 1 atom stereocenters. The molecule has 1 heterocycles. The molecule has 1 saturated heterocycles. The number of anilines is 2. The van der Waals surface area contributed by atoms with Gasteiger partial charge in [0.2, 0.25) is 5.91 Å². The fraction of sp³-hybridized carbons (Fsp3) is 0.350. The van der Waals surface area contributed by atoms with Gasteiger partial charge in [-0.2, -0.15) is 13.2 Å². The maximum Gasteiger partial charge on any atom is 0.416 e. The molecule has 0 radical (unpaired) electrons. The first kappa shape index (κ1) is 22.9. The highest BCUT2D eigenvalue weighted by Gasteiger charge is 2.31. The number of amides is 1. The third-order valence-electron chi connectivity index (χ3n) is 4.82. The minimum absolute atomic E-state index is 0.0557. The molecule has 1 aliphatic rings. The Morgan fingerprint density at radius 2 is 1.97 bits per heavy atom. The molecule has 7 nitrogen and oxygen atoms in total. The summed E-state index contributed by atoms with van der Waals surface area (Å²) in [6.07, 6.45) is -3.35.